The molecule has 9 nitrogen and oxygen atoms in total. The van der Waals surface area contributed by atoms with E-state index in [2.05, 4.69) is 15.5 Å². The van der Waals surface area contributed by atoms with Gasteiger partial charge in [0.25, 0.3) is 0 Å². The van der Waals surface area contributed by atoms with E-state index in [0.29, 0.717) is 29.4 Å². The third-order valence-corrected chi connectivity index (χ3v) is 7.42. The van der Waals surface area contributed by atoms with Crippen molar-refractivity contribution >= 4 is 11.6 Å². The lowest BCUT2D eigenvalue weighted by Crippen LogP contribution is -2.25. The number of hydrogen-bond donors (Lipinski definition) is 2. The minimum atomic E-state index is -0.160. The highest BCUT2D eigenvalue weighted by molar-refractivity contribution is 5.69. The number of ether oxygens (including phenoxy) is 3. The van der Waals surface area contributed by atoms with Gasteiger partial charge in [0.2, 0.25) is 5.65 Å². The first-order valence-electron chi connectivity index (χ1n) is 14.3. The smallest absolute Gasteiger partial charge is 0.307 e. The van der Waals surface area contributed by atoms with Crippen molar-refractivity contribution in [2.24, 2.45) is 5.92 Å². The standard InChI is InChI=1S/C31H39N5O4/c1-22-12-16-27(17-13-22)40-29-23(2)34-36-31(29)33-30(35-36)25-14-18-26(19-15-25)38-20-32-21-39-28(37)11-7-6-10-24-8-4-3-5-9-24/h12-19,24,32,34H,3-11,20-21H2,1-2H3. The Morgan fingerprint density at radius 1 is 0.975 bits per heavy atom. The van der Waals surface area contributed by atoms with Gasteiger partial charge in [-0.2, -0.15) is 0 Å². The van der Waals surface area contributed by atoms with Crippen molar-refractivity contribution in [3.63, 3.8) is 0 Å². The summed E-state index contributed by atoms with van der Waals surface area (Å²) in [5.74, 6) is 3.37. The zero-order valence-electron chi connectivity index (χ0n) is 23.4. The van der Waals surface area contributed by atoms with Gasteiger partial charge >= 0.3 is 5.97 Å². The summed E-state index contributed by atoms with van der Waals surface area (Å²) in [5.41, 5.74) is 3.49. The van der Waals surface area contributed by atoms with Crippen molar-refractivity contribution in [3.05, 3.63) is 59.8 Å². The molecule has 2 aromatic carbocycles. The zero-order valence-corrected chi connectivity index (χ0v) is 23.4. The van der Waals surface area contributed by atoms with E-state index in [1.165, 1.54) is 44.1 Å². The molecule has 212 valence electrons. The fourth-order valence-corrected chi connectivity index (χ4v) is 5.14. The molecule has 0 spiro atoms. The summed E-state index contributed by atoms with van der Waals surface area (Å²) in [6.07, 6.45) is 10.6. The zero-order chi connectivity index (χ0) is 27.7. The summed E-state index contributed by atoms with van der Waals surface area (Å²) in [7, 11) is 0. The summed E-state index contributed by atoms with van der Waals surface area (Å²) >= 11 is 0. The topological polar surface area (TPSA) is 103 Å². The first-order valence-corrected chi connectivity index (χ1v) is 14.3. The van der Waals surface area contributed by atoms with Crippen LogP contribution in [0.3, 0.4) is 0 Å². The third-order valence-electron chi connectivity index (χ3n) is 7.42. The molecule has 2 aromatic heterocycles. The van der Waals surface area contributed by atoms with Crippen LogP contribution in [0.15, 0.2) is 48.5 Å². The van der Waals surface area contributed by atoms with Crippen molar-refractivity contribution in [3.8, 4) is 28.6 Å². The Hall–Kier alpha value is -3.85. The summed E-state index contributed by atoms with van der Waals surface area (Å²) in [5, 5.41) is 10.7. The van der Waals surface area contributed by atoms with Crippen molar-refractivity contribution in [2.75, 3.05) is 13.5 Å². The fourth-order valence-electron chi connectivity index (χ4n) is 5.14. The Labute approximate surface area is 235 Å². The van der Waals surface area contributed by atoms with Crippen LogP contribution in [0.1, 0.15) is 69.0 Å². The minimum Gasteiger partial charge on any atom is -0.478 e. The molecular formula is C31H39N5O4. The molecule has 0 bridgehead atoms. The van der Waals surface area contributed by atoms with Crippen LogP contribution < -0.4 is 14.8 Å². The fraction of sp³-hybridized carbons (Fsp3) is 0.452. The molecule has 1 aliphatic carbocycles. The van der Waals surface area contributed by atoms with E-state index >= 15 is 0 Å². The molecule has 4 aromatic rings. The molecule has 1 fully saturated rings. The van der Waals surface area contributed by atoms with Crippen LogP contribution in [0.25, 0.3) is 17.0 Å². The average Bonchev–Trinajstić information content (AvgIpc) is 3.51. The van der Waals surface area contributed by atoms with E-state index in [1.54, 1.807) is 4.63 Å². The van der Waals surface area contributed by atoms with Crippen LogP contribution >= 0.6 is 0 Å². The number of aryl methyl sites for hydroxylation is 2. The number of fused-ring (bicyclic) bond motifs is 1. The normalized spacial score (nSPS) is 13.9. The number of carbonyl (C=O) groups is 1. The number of unbranched alkanes of at least 4 members (excludes halogenated alkanes) is 1. The lowest BCUT2D eigenvalue weighted by Gasteiger charge is -2.21. The number of nitrogens with zero attached hydrogens (tertiary/aromatic N) is 3. The molecule has 0 saturated heterocycles. The molecular weight excluding hydrogens is 506 g/mol. The highest BCUT2D eigenvalue weighted by Crippen LogP contribution is 2.31. The first-order chi connectivity index (χ1) is 19.5. The molecule has 0 unspecified atom stereocenters. The second-order valence-electron chi connectivity index (χ2n) is 10.6. The minimum absolute atomic E-state index is 0.136. The largest absolute Gasteiger partial charge is 0.478 e. The van der Waals surface area contributed by atoms with E-state index in [4.69, 9.17) is 19.2 Å². The van der Waals surface area contributed by atoms with E-state index in [-0.39, 0.29) is 19.4 Å². The van der Waals surface area contributed by atoms with Gasteiger partial charge in [0.15, 0.2) is 11.6 Å². The molecule has 0 radical (unpaired) electrons. The van der Waals surface area contributed by atoms with E-state index in [9.17, 15) is 4.79 Å². The van der Waals surface area contributed by atoms with Gasteiger partial charge in [-0.15, -0.1) is 9.73 Å². The number of rotatable bonds is 13. The van der Waals surface area contributed by atoms with Crippen LogP contribution in [0.2, 0.25) is 0 Å². The molecule has 1 saturated carbocycles. The van der Waals surface area contributed by atoms with Crippen LogP contribution in [0.5, 0.6) is 17.2 Å². The van der Waals surface area contributed by atoms with Gasteiger partial charge in [-0.05, 0) is 62.6 Å². The van der Waals surface area contributed by atoms with Crippen LogP contribution in [0.4, 0.5) is 0 Å². The summed E-state index contributed by atoms with van der Waals surface area (Å²) in [4.78, 5) is 16.7. The number of hydrogen-bond acceptors (Lipinski definition) is 7. The van der Waals surface area contributed by atoms with Crippen molar-refractivity contribution < 1.29 is 19.0 Å². The highest BCUT2D eigenvalue weighted by atomic mass is 16.5. The average molecular weight is 546 g/mol. The number of nitrogens with one attached hydrogen (secondary N) is 2. The quantitative estimate of drug-likeness (QED) is 0.109. The Morgan fingerprint density at radius 2 is 1.73 bits per heavy atom. The monoisotopic (exact) mass is 545 g/mol. The second kappa shape index (κ2) is 13.5. The summed E-state index contributed by atoms with van der Waals surface area (Å²) in [6.45, 7) is 4.34. The summed E-state index contributed by atoms with van der Waals surface area (Å²) in [6, 6.07) is 15.4. The van der Waals surface area contributed by atoms with Gasteiger partial charge in [0.05, 0.1) is 5.69 Å². The van der Waals surface area contributed by atoms with Gasteiger partial charge in [0, 0.05) is 12.0 Å². The Morgan fingerprint density at radius 3 is 2.50 bits per heavy atom. The van der Waals surface area contributed by atoms with Crippen molar-refractivity contribution in [2.45, 2.75) is 71.6 Å². The van der Waals surface area contributed by atoms with Crippen LogP contribution in [-0.2, 0) is 9.53 Å². The van der Waals surface area contributed by atoms with E-state index in [1.807, 2.05) is 62.4 Å². The number of H-pyrrole nitrogens is 1. The molecule has 0 atom stereocenters. The molecule has 40 heavy (non-hydrogen) atoms. The van der Waals surface area contributed by atoms with Crippen molar-refractivity contribution in [1.82, 2.24) is 25.1 Å². The molecule has 0 amide bonds. The van der Waals surface area contributed by atoms with Gasteiger partial charge in [0.1, 0.15) is 25.0 Å². The number of esters is 1. The van der Waals surface area contributed by atoms with Gasteiger partial charge in [-0.1, -0.05) is 62.6 Å². The van der Waals surface area contributed by atoms with Gasteiger partial charge in [-0.3, -0.25) is 15.2 Å². The Kier molecular flexibility index (Phi) is 9.34. The first kappa shape index (κ1) is 27.7. The van der Waals surface area contributed by atoms with Crippen molar-refractivity contribution in [1.29, 1.82) is 0 Å². The number of aromatic nitrogens is 4. The van der Waals surface area contributed by atoms with Gasteiger partial charge in [-0.25, -0.2) is 4.98 Å². The predicted octanol–water partition coefficient (Wildman–Crippen LogP) is 6.70. The van der Waals surface area contributed by atoms with E-state index in [0.717, 1.165) is 35.8 Å². The Bertz CT molecular complexity index is 1370. The lowest BCUT2D eigenvalue weighted by molar-refractivity contribution is -0.144. The number of aromatic amines is 1. The SMILES string of the molecule is Cc1ccc(Oc2c(C)[nH]n3nc(-c4ccc(OCNCOC(=O)CCCCC5CCCCC5)cc4)nc23)cc1. The molecule has 2 N–H and O–H groups in total. The molecule has 9 heteroatoms. The second-order valence-corrected chi connectivity index (χ2v) is 10.6. The lowest BCUT2D eigenvalue weighted by atomic mass is 9.86. The van der Waals surface area contributed by atoms with Crippen LogP contribution in [0, 0.1) is 19.8 Å². The maximum absolute atomic E-state index is 12.0. The highest BCUT2D eigenvalue weighted by Gasteiger charge is 2.17. The maximum Gasteiger partial charge on any atom is 0.307 e. The molecule has 1 aliphatic rings. The number of carbonyl (C=O) groups excluding carboxylic acids is 1. The third kappa shape index (κ3) is 7.41. The molecule has 5 rings (SSSR count). The van der Waals surface area contributed by atoms with E-state index < -0.39 is 0 Å². The maximum atomic E-state index is 12.0. The van der Waals surface area contributed by atoms with Crippen LogP contribution in [-0.4, -0.2) is 39.2 Å². The molecule has 2 heterocycles. The van der Waals surface area contributed by atoms with Gasteiger partial charge < -0.3 is 14.2 Å². The molecule has 0 aliphatic heterocycles. The summed E-state index contributed by atoms with van der Waals surface area (Å²) < 4.78 is 18.7. The number of benzene rings is 2. The predicted molar refractivity (Wildman–Crippen MR) is 153 cm³/mol. The Balaban J connectivity index is 1.03.